The first kappa shape index (κ1) is 21.4. The molecule has 0 spiro atoms. The molecule has 0 fully saturated rings. The fourth-order valence-corrected chi connectivity index (χ4v) is 2.53. The molecule has 0 amide bonds. The van der Waals surface area contributed by atoms with Crippen molar-refractivity contribution in [3.8, 4) is 5.69 Å². The Morgan fingerprint density at radius 2 is 1.89 bits per heavy atom. The molecular weight excluding hydrogens is 408 g/mol. The summed E-state index contributed by atoms with van der Waals surface area (Å²) >= 11 is 5.88. The molecule has 2 rings (SSSR count). The van der Waals surface area contributed by atoms with Gasteiger partial charge in [-0.3, -0.25) is 9.36 Å². The van der Waals surface area contributed by atoms with Gasteiger partial charge in [0.25, 0.3) is 5.56 Å². The van der Waals surface area contributed by atoms with Gasteiger partial charge >= 0.3 is 17.8 Å². The molecule has 6 nitrogen and oxygen atoms in total. The van der Waals surface area contributed by atoms with E-state index >= 15 is 0 Å². The van der Waals surface area contributed by atoms with Crippen molar-refractivity contribution < 1.29 is 27.1 Å². The maximum Gasteiger partial charge on any atom is 0.431 e. The summed E-state index contributed by atoms with van der Waals surface area (Å²) in [6.07, 6.45) is -2.80. The van der Waals surface area contributed by atoms with Crippen molar-refractivity contribution in [3.63, 3.8) is 0 Å². The summed E-state index contributed by atoms with van der Waals surface area (Å²) in [5, 5.41) is -0.154. The van der Waals surface area contributed by atoms with Crippen molar-refractivity contribution in [1.82, 2.24) is 9.13 Å². The third-order valence-corrected chi connectivity index (χ3v) is 3.93. The molecule has 1 aromatic carbocycles. The van der Waals surface area contributed by atoms with Crippen LogP contribution in [0.3, 0.4) is 0 Å². The van der Waals surface area contributed by atoms with Crippen LogP contribution in [0.2, 0.25) is 5.02 Å². The topological polar surface area (TPSA) is 70.3 Å². The van der Waals surface area contributed by atoms with Crippen LogP contribution in [0.4, 0.5) is 17.6 Å². The van der Waals surface area contributed by atoms with Gasteiger partial charge in [0.15, 0.2) is 0 Å². The smallest absolute Gasteiger partial charge is 0.431 e. The molecule has 0 saturated carbocycles. The molecule has 2 aromatic rings. The maximum absolute atomic E-state index is 14.3. The molecule has 1 aromatic heterocycles. The van der Waals surface area contributed by atoms with Crippen molar-refractivity contribution in [1.29, 1.82) is 0 Å². The first-order valence-corrected chi connectivity index (χ1v) is 8.09. The van der Waals surface area contributed by atoms with Gasteiger partial charge in [-0.2, -0.15) is 13.2 Å². The van der Waals surface area contributed by atoms with Gasteiger partial charge in [-0.15, -0.1) is 0 Å². The quantitative estimate of drug-likeness (QED) is 0.433. The summed E-state index contributed by atoms with van der Waals surface area (Å²) < 4.78 is 58.2. The van der Waals surface area contributed by atoms with E-state index in [0.717, 1.165) is 31.3 Å². The number of halogens is 5. The normalized spacial score (nSPS) is 11.8. The second-order valence-electron chi connectivity index (χ2n) is 5.45. The standard InChI is InChI=1S/C17H13ClF4N2O4/c1-3-28-15(26)5-4-9-6-12(11(19)7-10(9)18)24-14(25)8-13(17(20,21)22)23(2)16(24)27/h4-8H,3H2,1-2H3. The Hall–Kier alpha value is -2.88. The molecule has 0 atom stereocenters. The van der Waals surface area contributed by atoms with Crippen molar-refractivity contribution in [2.45, 2.75) is 13.1 Å². The fourth-order valence-electron chi connectivity index (χ4n) is 2.32. The number of aromatic nitrogens is 2. The van der Waals surface area contributed by atoms with Gasteiger partial charge in [-0.1, -0.05) is 11.6 Å². The zero-order valence-electron chi connectivity index (χ0n) is 14.5. The summed E-state index contributed by atoms with van der Waals surface area (Å²) in [5.74, 6) is -1.83. The molecular formula is C17H13ClF4N2O4. The van der Waals surface area contributed by atoms with E-state index in [2.05, 4.69) is 4.74 Å². The molecule has 0 radical (unpaired) electrons. The minimum Gasteiger partial charge on any atom is -0.463 e. The molecule has 0 aliphatic carbocycles. The number of nitrogens with zero attached hydrogens (tertiary/aromatic N) is 2. The van der Waals surface area contributed by atoms with Crippen LogP contribution >= 0.6 is 11.6 Å². The van der Waals surface area contributed by atoms with Gasteiger partial charge in [-0.05, 0) is 30.7 Å². The third kappa shape index (κ3) is 4.33. The Kier molecular flexibility index (Phi) is 6.13. The highest BCUT2D eigenvalue weighted by molar-refractivity contribution is 6.32. The number of hydrogen-bond acceptors (Lipinski definition) is 4. The lowest BCUT2D eigenvalue weighted by Gasteiger charge is -2.15. The Labute approximate surface area is 160 Å². The number of benzene rings is 1. The first-order chi connectivity index (χ1) is 13.0. The van der Waals surface area contributed by atoms with Gasteiger partial charge in [0.1, 0.15) is 11.5 Å². The number of alkyl halides is 3. The SMILES string of the molecule is CCOC(=O)C=Cc1cc(-n2c(=O)cc(C(F)(F)F)n(C)c2=O)c(F)cc1Cl. The molecule has 11 heteroatoms. The van der Waals surface area contributed by atoms with Crippen LogP contribution in [0.25, 0.3) is 11.8 Å². The van der Waals surface area contributed by atoms with Crippen molar-refractivity contribution in [3.05, 3.63) is 67.2 Å². The maximum atomic E-state index is 14.3. The molecule has 0 bridgehead atoms. The monoisotopic (exact) mass is 420 g/mol. The molecule has 28 heavy (non-hydrogen) atoms. The van der Waals surface area contributed by atoms with Crippen molar-refractivity contribution >= 4 is 23.6 Å². The van der Waals surface area contributed by atoms with Gasteiger partial charge < -0.3 is 4.74 Å². The van der Waals surface area contributed by atoms with Crippen LogP contribution < -0.4 is 11.2 Å². The first-order valence-electron chi connectivity index (χ1n) is 7.72. The number of carbonyl (C=O) groups is 1. The Balaban J connectivity index is 2.68. The summed E-state index contributed by atoms with van der Waals surface area (Å²) in [7, 11) is 0.802. The largest absolute Gasteiger partial charge is 0.463 e. The molecule has 1 heterocycles. The lowest BCUT2D eigenvalue weighted by Crippen LogP contribution is -2.41. The molecule has 0 saturated heterocycles. The summed E-state index contributed by atoms with van der Waals surface area (Å²) in [4.78, 5) is 35.8. The highest BCUT2D eigenvalue weighted by Gasteiger charge is 2.35. The molecule has 0 aliphatic rings. The van der Waals surface area contributed by atoms with E-state index in [-0.39, 0.29) is 32.4 Å². The Morgan fingerprint density at radius 1 is 1.25 bits per heavy atom. The van der Waals surface area contributed by atoms with E-state index in [1.54, 1.807) is 6.92 Å². The highest BCUT2D eigenvalue weighted by Crippen LogP contribution is 2.27. The number of esters is 1. The zero-order valence-corrected chi connectivity index (χ0v) is 15.3. The average molecular weight is 421 g/mol. The van der Waals surface area contributed by atoms with E-state index in [4.69, 9.17) is 11.6 Å². The van der Waals surface area contributed by atoms with Crippen LogP contribution in [-0.4, -0.2) is 21.7 Å². The lowest BCUT2D eigenvalue weighted by molar-refractivity contribution is -0.144. The molecule has 150 valence electrons. The van der Waals surface area contributed by atoms with E-state index < -0.39 is 40.6 Å². The van der Waals surface area contributed by atoms with E-state index in [0.29, 0.717) is 0 Å². The lowest BCUT2D eigenvalue weighted by atomic mass is 10.1. The van der Waals surface area contributed by atoms with Crippen LogP contribution in [0.1, 0.15) is 18.2 Å². The van der Waals surface area contributed by atoms with Crippen molar-refractivity contribution in [2.75, 3.05) is 6.61 Å². The molecule has 0 aliphatic heterocycles. The van der Waals surface area contributed by atoms with Crippen LogP contribution in [-0.2, 0) is 22.8 Å². The predicted molar refractivity (Wildman–Crippen MR) is 92.9 cm³/mol. The second kappa shape index (κ2) is 8.01. The minimum atomic E-state index is -4.95. The van der Waals surface area contributed by atoms with Gasteiger partial charge in [0.05, 0.1) is 17.3 Å². The predicted octanol–water partition coefficient (Wildman–Crippen LogP) is 2.92. The zero-order chi connectivity index (χ0) is 21.2. The highest BCUT2D eigenvalue weighted by atomic mass is 35.5. The number of hydrogen-bond donors (Lipinski definition) is 0. The second-order valence-corrected chi connectivity index (χ2v) is 5.86. The fraction of sp³-hybridized carbons (Fsp3) is 0.235. The Morgan fingerprint density at radius 3 is 2.46 bits per heavy atom. The summed E-state index contributed by atoms with van der Waals surface area (Å²) in [6, 6.07) is 1.91. The van der Waals surface area contributed by atoms with Gasteiger partial charge in [0.2, 0.25) is 0 Å². The summed E-state index contributed by atoms with van der Waals surface area (Å²) in [5.41, 5.74) is -4.83. The van der Waals surface area contributed by atoms with E-state index in [9.17, 15) is 31.9 Å². The van der Waals surface area contributed by atoms with E-state index in [1.165, 1.54) is 0 Å². The van der Waals surface area contributed by atoms with Gasteiger partial charge in [-0.25, -0.2) is 18.5 Å². The molecule has 0 N–H and O–H groups in total. The number of carbonyl (C=O) groups excluding carboxylic acids is 1. The number of rotatable bonds is 4. The third-order valence-electron chi connectivity index (χ3n) is 3.60. The number of ether oxygens (including phenoxy) is 1. The minimum absolute atomic E-state index is 0.0416. The Bertz CT molecular complexity index is 1070. The van der Waals surface area contributed by atoms with Crippen LogP contribution in [0.15, 0.2) is 33.9 Å². The summed E-state index contributed by atoms with van der Waals surface area (Å²) in [6.45, 7) is 1.70. The molecule has 0 unspecified atom stereocenters. The van der Waals surface area contributed by atoms with Crippen LogP contribution in [0.5, 0.6) is 0 Å². The van der Waals surface area contributed by atoms with Crippen molar-refractivity contribution in [2.24, 2.45) is 7.05 Å². The van der Waals surface area contributed by atoms with Gasteiger partial charge in [0, 0.05) is 19.2 Å². The van der Waals surface area contributed by atoms with E-state index in [1.807, 2.05) is 0 Å². The average Bonchev–Trinajstić information content (AvgIpc) is 2.58. The van der Waals surface area contributed by atoms with Crippen LogP contribution in [0, 0.1) is 5.82 Å².